The van der Waals surface area contributed by atoms with E-state index in [1.54, 1.807) is 4.90 Å². The van der Waals surface area contributed by atoms with Crippen molar-refractivity contribution in [2.24, 2.45) is 0 Å². The lowest BCUT2D eigenvalue weighted by atomic mass is 10.1. The number of rotatable bonds is 10. The molecule has 0 bridgehead atoms. The summed E-state index contributed by atoms with van der Waals surface area (Å²) in [6.45, 7) is 10.1. The normalized spacial score (nSPS) is 12.7. The topological polar surface area (TPSA) is 58.6 Å². The predicted octanol–water partition coefficient (Wildman–Crippen LogP) is 5.17. The lowest BCUT2D eigenvalue weighted by molar-refractivity contribution is -0.143. The molecule has 0 aromatic heterocycles. The second-order valence-corrected chi connectivity index (χ2v) is 8.70. The van der Waals surface area contributed by atoms with E-state index in [1.807, 2.05) is 77.1 Å². The highest BCUT2D eigenvalue weighted by molar-refractivity contribution is 9.10. The molecule has 0 saturated heterocycles. The first-order valence-electron chi connectivity index (χ1n) is 10.8. The maximum Gasteiger partial charge on any atom is 0.261 e. The molecular formula is C25H33BrN2O3. The molecule has 2 aromatic carbocycles. The second kappa shape index (κ2) is 11.9. The molecule has 2 amide bonds. The number of nitrogens with zero attached hydrogens (tertiary/aromatic N) is 1. The van der Waals surface area contributed by atoms with Gasteiger partial charge in [0.25, 0.3) is 5.91 Å². The molecule has 0 spiro atoms. The molecular weight excluding hydrogens is 456 g/mol. The quantitative estimate of drug-likeness (QED) is 0.501. The molecule has 0 saturated carbocycles. The predicted molar refractivity (Wildman–Crippen MR) is 128 cm³/mol. The van der Waals surface area contributed by atoms with E-state index >= 15 is 0 Å². The van der Waals surface area contributed by atoms with E-state index < -0.39 is 6.04 Å². The van der Waals surface area contributed by atoms with Crippen molar-refractivity contribution in [3.05, 3.63) is 63.6 Å². The van der Waals surface area contributed by atoms with Gasteiger partial charge in [-0.3, -0.25) is 9.59 Å². The van der Waals surface area contributed by atoms with Crippen LogP contribution in [0.25, 0.3) is 0 Å². The Morgan fingerprint density at radius 3 is 2.23 bits per heavy atom. The van der Waals surface area contributed by atoms with Crippen LogP contribution >= 0.6 is 15.9 Å². The molecule has 31 heavy (non-hydrogen) atoms. The maximum atomic E-state index is 13.2. The number of ether oxygens (including phenoxy) is 1. The average Bonchev–Trinajstić information content (AvgIpc) is 2.76. The molecule has 0 aliphatic heterocycles. The first-order valence-corrected chi connectivity index (χ1v) is 11.6. The summed E-state index contributed by atoms with van der Waals surface area (Å²) >= 11 is 3.55. The van der Waals surface area contributed by atoms with Crippen LogP contribution in [0.3, 0.4) is 0 Å². The summed E-state index contributed by atoms with van der Waals surface area (Å²) in [6, 6.07) is 13.0. The Morgan fingerprint density at radius 2 is 1.68 bits per heavy atom. The van der Waals surface area contributed by atoms with Crippen LogP contribution in [0.1, 0.15) is 50.3 Å². The van der Waals surface area contributed by atoms with Gasteiger partial charge in [0.05, 0.1) is 0 Å². The van der Waals surface area contributed by atoms with E-state index in [4.69, 9.17) is 4.74 Å². The van der Waals surface area contributed by atoms with Gasteiger partial charge in [-0.25, -0.2) is 0 Å². The monoisotopic (exact) mass is 488 g/mol. The zero-order chi connectivity index (χ0) is 23.0. The highest BCUT2D eigenvalue weighted by atomic mass is 79.9. The zero-order valence-electron chi connectivity index (χ0n) is 19.1. The SMILES string of the molecule is CC[C@H](C(=O)N[C@@H](C)CC)N(Cc1ccccc1)C(=O)COc1cc(C)c(Br)c(C)c1. The number of hydrogen-bond donors (Lipinski definition) is 1. The Balaban J connectivity index is 2.21. The van der Waals surface area contributed by atoms with Crippen LogP contribution in [0.15, 0.2) is 46.9 Å². The molecule has 0 aliphatic rings. The molecule has 5 nitrogen and oxygen atoms in total. The molecule has 0 aliphatic carbocycles. The largest absolute Gasteiger partial charge is 0.484 e. The summed E-state index contributed by atoms with van der Waals surface area (Å²) in [5, 5.41) is 3.02. The summed E-state index contributed by atoms with van der Waals surface area (Å²) in [5.41, 5.74) is 3.06. The van der Waals surface area contributed by atoms with Crippen molar-refractivity contribution in [1.29, 1.82) is 0 Å². The van der Waals surface area contributed by atoms with Crippen LogP contribution in [-0.2, 0) is 16.1 Å². The minimum absolute atomic E-state index is 0.0557. The number of nitrogens with one attached hydrogen (secondary N) is 1. The van der Waals surface area contributed by atoms with Crippen LogP contribution in [0.2, 0.25) is 0 Å². The van der Waals surface area contributed by atoms with Gasteiger partial charge in [0.1, 0.15) is 11.8 Å². The van der Waals surface area contributed by atoms with Crippen LogP contribution in [0.4, 0.5) is 0 Å². The summed E-state index contributed by atoms with van der Waals surface area (Å²) in [7, 11) is 0. The Bertz CT molecular complexity index is 863. The van der Waals surface area contributed by atoms with E-state index in [0.29, 0.717) is 18.7 Å². The van der Waals surface area contributed by atoms with Gasteiger partial charge >= 0.3 is 0 Å². The van der Waals surface area contributed by atoms with Gasteiger partial charge in [0.15, 0.2) is 6.61 Å². The first kappa shape index (κ1) is 24.9. The van der Waals surface area contributed by atoms with Gasteiger partial charge in [-0.05, 0) is 62.4 Å². The minimum atomic E-state index is -0.557. The Hall–Kier alpha value is -2.34. The highest BCUT2D eigenvalue weighted by Crippen LogP contribution is 2.26. The van der Waals surface area contributed by atoms with E-state index in [9.17, 15) is 9.59 Å². The smallest absolute Gasteiger partial charge is 0.261 e. The van der Waals surface area contributed by atoms with E-state index in [2.05, 4.69) is 21.2 Å². The molecule has 2 aromatic rings. The number of hydrogen-bond acceptors (Lipinski definition) is 3. The van der Waals surface area contributed by atoms with Crippen molar-refractivity contribution >= 4 is 27.7 Å². The Kier molecular flexibility index (Phi) is 9.56. The molecule has 2 rings (SSSR count). The van der Waals surface area contributed by atoms with Gasteiger partial charge in [-0.2, -0.15) is 0 Å². The van der Waals surface area contributed by atoms with Crippen LogP contribution < -0.4 is 10.1 Å². The van der Waals surface area contributed by atoms with E-state index in [1.165, 1.54) is 0 Å². The van der Waals surface area contributed by atoms with Crippen molar-refractivity contribution in [3.63, 3.8) is 0 Å². The second-order valence-electron chi connectivity index (χ2n) is 7.91. The van der Waals surface area contributed by atoms with Gasteiger partial charge in [-0.1, -0.05) is 60.1 Å². The van der Waals surface area contributed by atoms with E-state index in [0.717, 1.165) is 27.6 Å². The van der Waals surface area contributed by atoms with Crippen LogP contribution in [0, 0.1) is 13.8 Å². The number of benzene rings is 2. The lowest BCUT2D eigenvalue weighted by Gasteiger charge is -2.31. The number of amides is 2. The molecule has 0 radical (unpaired) electrons. The summed E-state index contributed by atoms with van der Waals surface area (Å²) in [6.07, 6.45) is 1.36. The van der Waals surface area contributed by atoms with Crippen molar-refractivity contribution in [1.82, 2.24) is 10.2 Å². The maximum absolute atomic E-state index is 13.2. The fourth-order valence-electron chi connectivity index (χ4n) is 3.36. The van der Waals surface area contributed by atoms with Crippen molar-refractivity contribution in [2.45, 2.75) is 66.1 Å². The number of carbonyl (C=O) groups is 2. The van der Waals surface area contributed by atoms with E-state index in [-0.39, 0.29) is 24.5 Å². The number of aryl methyl sites for hydroxylation is 2. The third-order valence-electron chi connectivity index (χ3n) is 5.35. The molecule has 1 N–H and O–H groups in total. The molecule has 0 fully saturated rings. The Morgan fingerprint density at radius 1 is 1.06 bits per heavy atom. The number of carbonyl (C=O) groups excluding carboxylic acids is 2. The fraction of sp³-hybridized carbons (Fsp3) is 0.440. The average molecular weight is 489 g/mol. The highest BCUT2D eigenvalue weighted by Gasteiger charge is 2.29. The van der Waals surface area contributed by atoms with Crippen molar-refractivity contribution < 1.29 is 14.3 Å². The molecule has 0 unspecified atom stereocenters. The molecule has 2 atom stereocenters. The van der Waals surface area contributed by atoms with Gasteiger partial charge in [0.2, 0.25) is 5.91 Å². The first-order chi connectivity index (χ1) is 14.8. The van der Waals surface area contributed by atoms with Crippen molar-refractivity contribution in [2.75, 3.05) is 6.61 Å². The summed E-state index contributed by atoms with van der Waals surface area (Å²) < 4.78 is 6.87. The van der Waals surface area contributed by atoms with Gasteiger partial charge < -0.3 is 15.0 Å². The minimum Gasteiger partial charge on any atom is -0.484 e. The Labute approximate surface area is 194 Å². The third kappa shape index (κ3) is 7.10. The zero-order valence-corrected chi connectivity index (χ0v) is 20.7. The molecule has 6 heteroatoms. The van der Waals surface area contributed by atoms with Crippen LogP contribution in [0.5, 0.6) is 5.75 Å². The lowest BCUT2D eigenvalue weighted by Crippen LogP contribution is -2.51. The summed E-state index contributed by atoms with van der Waals surface area (Å²) in [4.78, 5) is 27.8. The van der Waals surface area contributed by atoms with Crippen molar-refractivity contribution in [3.8, 4) is 5.75 Å². The molecule has 168 valence electrons. The molecule has 0 heterocycles. The fourth-order valence-corrected chi connectivity index (χ4v) is 3.59. The summed E-state index contributed by atoms with van der Waals surface area (Å²) in [5.74, 6) is 0.299. The standard InChI is InChI=1S/C25H33BrN2O3/c1-6-19(5)27-25(30)22(7-2)28(15-20-11-9-8-10-12-20)23(29)16-31-21-13-17(3)24(26)18(4)14-21/h8-14,19,22H,6-7,15-16H2,1-5H3,(H,27,30)/t19-,22+/m0/s1. The van der Waals surface area contributed by atoms with Gasteiger partial charge in [0, 0.05) is 17.1 Å². The third-order valence-corrected chi connectivity index (χ3v) is 6.61. The van der Waals surface area contributed by atoms with Crippen LogP contribution in [-0.4, -0.2) is 35.4 Å². The van der Waals surface area contributed by atoms with Gasteiger partial charge in [-0.15, -0.1) is 0 Å². The number of halogens is 1.